The number of ether oxygens (including phenoxy) is 1. The number of nitrogens with two attached hydrogens (primary N) is 1. The smallest absolute Gasteiger partial charge is 0.164 e. The number of aliphatic hydroxyl groups is 3. The van der Waals surface area contributed by atoms with Gasteiger partial charge in [-0.05, 0) is 18.9 Å². The molecule has 3 rings (SSSR count). The summed E-state index contributed by atoms with van der Waals surface area (Å²) >= 11 is 0. The molecule has 3 heterocycles. The zero-order valence-corrected chi connectivity index (χ0v) is 12.7. The third kappa shape index (κ3) is 2.59. The van der Waals surface area contributed by atoms with Crippen LogP contribution in [0.15, 0.2) is 24.7 Å². The first-order valence-corrected chi connectivity index (χ1v) is 7.42. The van der Waals surface area contributed by atoms with Gasteiger partial charge in [-0.3, -0.25) is 0 Å². The van der Waals surface area contributed by atoms with Crippen LogP contribution in [0.2, 0.25) is 0 Å². The predicted molar refractivity (Wildman–Crippen MR) is 83.5 cm³/mol. The molecule has 2 aromatic heterocycles. The number of nitrogens with zero attached hydrogens (tertiary/aromatic N) is 3. The highest BCUT2D eigenvalue weighted by Gasteiger charge is 2.44. The molecule has 1 saturated heterocycles. The molecule has 124 valence electrons. The number of fused-ring (bicyclic) bond motifs is 1. The van der Waals surface area contributed by atoms with E-state index in [2.05, 4.69) is 9.97 Å². The fourth-order valence-corrected chi connectivity index (χ4v) is 2.89. The maximum absolute atomic E-state index is 10.2. The quantitative estimate of drug-likeness (QED) is 0.572. The van der Waals surface area contributed by atoms with Crippen molar-refractivity contribution in [2.45, 2.75) is 37.9 Å². The second-order valence-electron chi connectivity index (χ2n) is 5.52. The molecule has 4 atom stereocenters. The fourth-order valence-electron chi connectivity index (χ4n) is 2.89. The molecule has 0 radical (unpaired) electrons. The van der Waals surface area contributed by atoms with Gasteiger partial charge in [0, 0.05) is 6.20 Å². The second kappa shape index (κ2) is 6.25. The number of allylic oxidation sites excluding steroid dienone is 2. The molecule has 5 N–H and O–H groups in total. The normalized spacial score (nSPS) is 28.2. The van der Waals surface area contributed by atoms with Gasteiger partial charge in [0.05, 0.1) is 12.0 Å². The molecule has 0 aromatic carbocycles. The standard InChI is InChI=1S/C15H20N4O4/c1-2-3-4-8-5-19(14-10(8)13(16)17-7-18-14)15-12(22)11(21)9(6-20)23-15/h2-3,5,7,9,11-12,15,20-22H,4,6H2,1H3,(H2,16,17,18)/b3-2-/t9-,11-,12-,15-/m1/s1. The number of aromatic nitrogens is 3. The van der Waals surface area contributed by atoms with E-state index in [9.17, 15) is 15.3 Å². The Kier molecular flexibility index (Phi) is 4.31. The van der Waals surface area contributed by atoms with Crippen LogP contribution < -0.4 is 5.73 Å². The second-order valence-corrected chi connectivity index (χ2v) is 5.52. The van der Waals surface area contributed by atoms with Gasteiger partial charge >= 0.3 is 0 Å². The number of aliphatic hydroxyl groups excluding tert-OH is 3. The lowest BCUT2D eigenvalue weighted by Crippen LogP contribution is -2.33. The first-order valence-electron chi connectivity index (χ1n) is 7.42. The molecule has 8 heteroatoms. The summed E-state index contributed by atoms with van der Waals surface area (Å²) in [6, 6.07) is 0. The van der Waals surface area contributed by atoms with Crippen molar-refractivity contribution < 1.29 is 20.1 Å². The van der Waals surface area contributed by atoms with Crippen LogP contribution in [0.4, 0.5) is 5.82 Å². The summed E-state index contributed by atoms with van der Waals surface area (Å²) in [6.07, 6.45) is 3.63. The predicted octanol–water partition coefficient (Wildman–Crippen LogP) is -0.256. The van der Waals surface area contributed by atoms with Crippen LogP contribution in [0, 0.1) is 0 Å². The summed E-state index contributed by atoms with van der Waals surface area (Å²) in [4.78, 5) is 8.26. The average Bonchev–Trinajstić information content (AvgIpc) is 3.05. The molecule has 0 amide bonds. The monoisotopic (exact) mass is 320 g/mol. The van der Waals surface area contributed by atoms with E-state index in [4.69, 9.17) is 10.5 Å². The molecular formula is C15H20N4O4. The Morgan fingerprint density at radius 2 is 2.13 bits per heavy atom. The summed E-state index contributed by atoms with van der Waals surface area (Å²) in [7, 11) is 0. The molecule has 0 unspecified atom stereocenters. The van der Waals surface area contributed by atoms with E-state index in [1.807, 2.05) is 19.1 Å². The zero-order valence-electron chi connectivity index (χ0n) is 12.7. The molecule has 23 heavy (non-hydrogen) atoms. The highest BCUT2D eigenvalue weighted by atomic mass is 16.6. The number of hydrogen-bond acceptors (Lipinski definition) is 7. The summed E-state index contributed by atoms with van der Waals surface area (Å²) < 4.78 is 7.22. The van der Waals surface area contributed by atoms with Crippen molar-refractivity contribution in [2.24, 2.45) is 0 Å². The van der Waals surface area contributed by atoms with Crippen LogP contribution in [0.5, 0.6) is 0 Å². The minimum Gasteiger partial charge on any atom is -0.394 e. The number of rotatable bonds is 4. The van der Waals surface area contributed by atoms with Gasteiger partial charge in [0.25, 0.3) is 0 Å². The first kappa shape index (κ1) is 15.9. The van der Waals surface area contributed by atoms with Crippen molar-refractivity contribution in [3.8, 4) is 0 Å². The van der Waals surface area contributed by atoms with E-state index >= 15 is 0 Å². The Labute approximate surface area is 132 Å². The van der Waals surface area contributed by atoms with Gasteiger partial charge in [-0.15, -0.1) is 0 Å². The van der Waals surface area contributed by atoms with E-state index in [0.717, 1.165) is 5.56 Å². The lowest BCUT2D eigenvalue weighted by molar-refractivity contribution is -0.0509. The SMILES string of the molecule is C/C=C\Cc1cn([C@@H]2O[C@H](CO)[C@@H](O)[C@H]2O)c2ncnc(N)c12. The molecule has 0 saturated carbocycles. The molecule has 1 aliphatic rings. The van der Waals surface area contributed by atoms with Crippen LogP contribution >= 0.6 is 0 Å². The van der Waals surface area contributed by atoms with Crippen molar-refractivity contribution in [1.29, 1.82) is 0 Å². The van der Waals surface area contributed by atoms with Crippen molar-refractivity contribution >= 4 is 16.9 Å². The Bertz CT molecular complexity index is 730. The number of hydrogen-bond donors (Lipinski definition) is 4. The van der Waals surface area contributed by atoms with Gasteiger partial charge in [0.1, 0.15) is 36.1 Å². The third-order valence-electron chi connectivity index (χ3n) is 4.08. The van der Waals surface area contributed by atoms with Crippen molar-refractivity contribution in [1.82, 2.24) is 14.5 Å². The van der Waals surface area contributed by atoms with Gasteiger partial charge in [-0.2, -0.15) is 0 Å². The zero-order chi connectivity index (χ0) is 16.6. The minimum atomic E-state index is -1.17. The highest BCUT2D eigenvalue weighted by Crippen LogP contribution is 2.34. The summed E-state index contributed by atoms with van der Waals surface area (Å²) in [5.74, 6) is 0.347. The summed E-state index contributed by atoms with van der Waals surface area (Å²) in [5, 5.41) is 30.1. The molecule has 0 spiro atoms. The fraction of sp³-hybridized carbons (Fsp3) is 0.467. The molecule has 2 aromatic rings. The molecular weight excluding hydrogens is 300 g/mol. The van der Waals surface area contributed by atoms with Gasteiger partial charge < -0.3 is 30.4 Å². The van der Waals surface area contributed by atoms with Crippen LogP contribution in [-0.4, -0.2) is 54.8 Å². The van der Waals surface area contributed by atoms with E-state index in [1.54, 1.807) is 10.8 Å². The van der Waals surface area contributed by atoms with Crippen LogP contribution in [0.25, 0.3) is 11.0 Å². The molecule has 1 aliphatic heterocycles. The van der Waals surface area contributed by atoms with Gasteiger partial charge in [0.2, 0.25) is 0 Å². The summed E-state index contributed by atoms with van der Waals surface area (Å²) in [5.41, 5.74) is 7.39. The largest absolute Gasteiger partial charge is 0.394 e. The van der Waals surface area contributed by atoms with Crippen molar-refractivity contribution in [2.75, 3.05) is 12.3 Å². The van der Waals surface area contributed by atoms with E-state index in [1.165, 1.54) is 6.33 Å². The Balaban J connectivity index is 2.09. The van der Waals surface area contributed by atoms with Crippen LogP contribution in [0.1, 0.15) is 18.7 Å². The Hall–Kier alpha value is -2.00. The molecule has 8 nitrogen and oxygen atoms in total. The summed E-state index contributed by atoms with van der Waals surface area (Å²) in [6.45, 7) is 1.54. The number of anilines is 1. The Morgan fingerprint density at radius 1 is 1.35 bits per heavy atom. The minimum absolute atomic E-state index is 0.347. The van der Waals surface area contributed by atoms with Crippen LogP contribution in [-0.2, 0) is 11.2 Å². The van der Waals surface area contributed by atoms with Crippen LogP contribution in [0.3, 0.4) is 0 Å². The number of nitrogen functional groups attached to an aromatic ring is 1. The van der Waals surface area contributed by atoms with Crippen molar-refractivity contribution in [3.05, 3.63) is 30.2 Å². The molecule has 1 fully saturated rings. The molecule has 0 bridgehead atoms. The average molecular weight is 320 g/mol. The van der Waals surface area contributed by atoms with E-state index < -0.39 is 24.5 Å². The highest BCUT2D eigenvalue weighted by molar-refractivity contribution is 5.90. The topological polar surface area (TPSA) is 127 Å². The maximum atomic E-state index is 10.2. The van der Waals surface area contributed by atoms with Crippen molar-refractivity contribution in [3.63, 3.8) is 0 Å². The van der Waals surface area contributed by atoms with Gasteiger partial charge in [-0.25, -0.2) is 9.97 Å². The first-order chi connectivity index (χ1) is 11.1. The van der Waals surface area contributed by atoms with Gasteiger partial charge in [0.15, 0.2) is 6.23 Å². The van der Waals surface area contributed by atoms with E-state index in [0.29, 0.717) is 23.3 Å². The lowest BCUT2D eigenvalue weighted by atomic mass is 10.1. The maximum Gasteiger partial charge on any atom is 0.164 e. The van der Waals surface area contributed by atoms with Gasteiger partial charge in [-0.1, -0.05) is 12.2 Å². The molecule has 0 aliphatic carbocycles. The third-order valence-corrected chi connectivity index (χ3v) is 4.08. The van der Waals surface area contributed by atoms with E-state index in [-0.39, 0.29) is 6.61 Å². The Morgan fingerprint density at radius 3 is 2.78 bits per heavy atom. The lowest BCUT2D eigenvalue weighted by Gasteiger charge is -2.17.